The number of hydrogen-bond acceptors (Lipinski definition) is 1. The van der Waals surface area contributed by atoms with Crippen LogP contribution in [0.25, 0.3) is 66.4 Å². The van der Waals surface area contributed by atoms with Gasteiger partial charge in [0.05, 0.1) is 5.41 Å². The molecule has 12 rings (SSSR count). The number of para-hydroxylation sites is 1. The van der Waals surface area contributed by atoms with Crippen molar-refractivity contribution in [3.8, 4) is 44.5 Å². The fourth-order valence-corrected chi connectivity index (χ4v) is 10.4. The molecule has 0 N–H and O–H groups in total. The summed E-state index contributed by atoms with van der Waals surface area (Å²) in [7, 11) is 0. The van der Waals surface area contributed by atoms with E-state index >= 15 is 0 Å². The molecule has 1 nitrogen and oxygen atoms in total. The molecule has 0 bridgehead atoms. The summed E-state index contributed by atoms with van der Waals surface area (Å²) >= 11 is 0. The maximum Gasteiger partial charge on any atom is 0.135 e. The Morgan fingerprint density at radius 2 is 0.778 bits per heavy atom. The fourth-order valence-electron chi connectivity index (χ4n) is 10.4. The minimum absolute atomic E-state index is 0.0768. The fraction of sp³-hybridized carbons (Fsp3) is 0.0323. The average molecular weight is 803 g/mol. The first-order valence-corrected chi connectivity index (χ1v) is 21.9. The molecule has 1 heterocycles. The van der Waals surface area contributed by atoms with Gasteiger partial charge in [-0.3, -0.25) is 0 Å². The predicted molar refractivity (Wildman–Crippen MR) is 261 cm³/mol. The average Bonchev–Trinajstić information content (AvgIpc) is 3.89. The molecule has 1 atom stereocenters. The number of rotatable bonds is 8. The Morgan fingerprint density at radius 1 is 0.286 bits per heavy atom. The third kappa shape index (κ3) is 6.16. The van der Waals surface area contributed by atoms with Gasteiger partial charge in [0.1, 0.15) is 11.2 Å². The Hall–Kier alpha value is -8.00. The zero-order chi connectivity index (χ0) is 41.7. The lowest BCUT2D eigenvalue weighted by atomic mass is 9.67. The van der Waals surface area contributed by atoms with E-state index in [2.05, 4.69) is 237 Å². The third-order valence-corrected chi connectivity index (χ3v) is 13.3. The molecule has 0 amide bonds. The van der Waals surface area contributed by atoms with Gasteiger partial charge in [-0.05, 0) is 108 Å². The summed E-state index contributed by atoms with van der Waals surface area (Å²) in [6.45, 7) is 0. The molecule has 0 saturated carbocycles. The van der Waals surface area contributed by atoms with E-state index in [9.17, 15) is 0 Å². The van der Waals surface area contributed by atoms with Crippen molar-refractivity contribution >= 4 is 21.9 Å². The lowest BCUT2D eigenvalue weighted by molar-refractivity contribution is 0.669. The van der Waals surface area contributed by atoms with Crippen LogP contribution in [0.15, 0.2) is 253 Å². The second-order valence-corrected chi connectivity index (χ2v) is 16.8. The molecule has 0 radical (unpaired) electrons. The lowest BCUT2D eigenvalue weighted by Gasteiger charge is -2.33. The molecule has 1 heteroatoms. The van der Waals surface area contributed by atoms with Crippen molar-refractivity contribution in [2.45, 2.75) is 11.3 Å². The maximum absolute atomic E-state index is 6.12. The highest BCUT2D eigenvalue weighted by Gasteiger charge is 2.45. The van der Waals surface area contributed by atoms with Crippen molar-refractivity contribution < 1.29 is 4.42 Å². The first-order valence-electron chi connectivity index (χ1n) is 21.9. The van der Waals surface area contributed by atoms with Gasteiger partial charge in [0.25, 0.3) is 0 Å². The zero-order valence-electron chi connectivity index (χ0n) is 34.7. The van der Waals surface area contributed by atoms with Crippen molar-refractivity contribution in [3.05, 3.63) is 288 Å². The Labute approximate surface area is 368 Å². The van der Waals surface area contributed by atoms with E-state index in [0.29, 0.717) is 0 Å². The van der Waals surface area contributed by atoms with Gasteiger partial charge in [-0.15, -0.1) is 0 Å². The molecule has 0 fully saturated rings. The van der Waals surface area contributed by atoms with Crippen LogP contribution in [0.3, 0.4) is 0 Å². The Bertz CT molecular complexity index is 3380. The van der Waals surface area contributed by atoms with E-state index in [0.717, 1.165) is 21.9 Å². The van der Waals surface area contributed by atoms with Gasteiger partial charge < -0.3 is 4.42 Å². The van der Waals surface area contributed by atoms with Crippen LogP contribution in [0, 0.1) is 0 Å². The summed E-state index contributed by atoms with van der Waals surface area (Å²) in [5.74, 6) is 0.0768. The summed E-state index contributed by atoms with van der Waals surface area (Å²) in [6, 6.07) is 91.0. The zero-order valence-corrected chi connectivity index (χ0v) is 34.7. The monoisotopic (exact) mass is 802 g/mol. The van der Waals surface area contributed by atoms with Crippen molar-refractivity contribution in [2.75, 3.05) is 0 Å². The molecule has 0 spiro atoms. The quantitative estimate of drug-likeness (QED) is 0.140. The van der Waals surface area contributed by atoms with Gasteiger partial charge in [-0.2, -0.15) is 0 Å². The Balaban J connectivity index is 0.876. The first-order chi connectivity index (χ1) is 31.2. The van der Waals surface area contributed by atoms with Crippen LogP contribution >= 0.6 is 0 Å². The van der Waals surface area contributed by atoms with E-state index < -0.39 is 5.41 Å². The van der Waals surface area contributed by atoms with E-state index in [1.165, 1.54) is 83.5 Å². The molecule has 10 aromatic carbocycles. The van der Waals surface area contributed by atoms with Crippen molar-refractivity contribution in [2.24, 2.45) is 0 Å². The second kappa shape index (κ2) is 15.2. The molecular formula is C62H42O. The van der Waals surface area contributed by atoms with Crippen molar-refractivity contribution in [1.82, 2.24) is 0 Å². The molecule has 11 aromatic rings. The van der Waals surface area contributed by atoms with Crippen LogP contribution in [0.1, 0.15) is 44.9 Å². The Kier molecular flexibility index (Phi) is 8.86. The summed E-state index contributed by atoms with van der Waals surface area (Å²) in [5.41, 5.74) is 20.2. The maximum atomic E-state index is 6.12. The smallest absolute Gasteiger partial charge is 0.135 e. The van der Waals surface area contributed by atoms with Gasteiger partial charge in [0, 0.05) is 16.7 Å². The highest BCUT2D eigenvalue weighted by atomic mass is 16.3. The third-order valence-electron chi connectivity index (χ3n) is 13.3. The molecule has 1 aliphatic carbocycles. The van der Waals surface area contributed by atoms with E-state index in [-0.39, 0.29) is 5.92 Å². The SMILES string of the molecule is c1ccc(C(c2ccc(-c3ccc4oc5ccccc5c4c3)cc2)c2cccc(-c3ccc(-c4ccc5c(c4)-c4ccccc4C5(c4ccccc4)c4ccccc4)cc3)c2)cc1. The number of hydrogen-bond donors (Lipinski definition) is 0. The van der Waals surface area contributed by atoms with Crippen LogP contribution < -0.4 is 0 Å². The first kappa shape index (κ1) is 36.8. The number of benzene rings is 10. The van der Waals surface area contributed by atoms with Gasteiger partial charge in [0.2, 0.25) is 0 Å². The van der Waals surface area contributed by atoms with Gasteiger partial charge in [-0.25, -0.2) is 0 Å². The minimum atomic E-state index is -0.396. The largest absolute Gasteiger partial charge is 0.456 e. The van der Waals surface area contributed by atoms with Crippen LogP contribution in [-0.4, -0.2) is 0 Å². The summed E-state index contributed by atoms with van der Waals surface area (Å²) in [6.07, 6.45) is 0. The van der Waals surface area contributed by atoms with Crippen LogP contribution in [0.5, 0.6) is 0 Å². The topological polar surface area (TPSA) is 13.1 Å². The number of furan rings is 1. The molecule has 296 valence electrons. The molecule has 0 aliphatic heterocycles. The molecule has 1 aliphatic rings. The summed E-state index contributed by atoms with van der Waals surface area (Å²) < 4.78 is 6.12. The van der Waals surface area contributed by atoms with Crippen molar-refractivity contribution in [1.29, 1.82) is 0 Å². The van der Waals surface area contributed by atoms with Gasteiger partial charge in [-0.1, -0.05) is 224 Å². The molecule has 0 saturated heterocycles. The normalized spacial score (nSPS) is 13.1. The van der Waals surface area contributed by atoms with E-state index in [4.69, 9.17) is 4.42 Å². The molecule has 63 heavy (non-hydrogen) atoms. The highest BCUT2D eigenvalue weighted by Crippen LogP contribution is 2.56. The van der Waals surface area contributed by atoms with E-state index in [1.807, 2.05) is 12.1 Å². The standard InChI is InChI=1S/C62H42O/c1-4-15-45(16-5-1)61(46-33-31-44(32-34-46)49-36-38-60-56(41-49)54-24-11-13-26-59(54)63-60)50-18-14-17-47(39-50)42-27-29-43(30-28-42)48-35-37-58-55(40-48)53-23-10-12-25-57(53)62(58,51-19-6-2-7-20-51)52-21-8-3-9-22-52/h1-41,61H. The lowest BCUT2D eigenvalue weighted by Crippen LogP contribution is -2.28. The van der Waals surface area contributed by atoms with Crippen molar-refractivity contribution in [3.63, 3.8) is 0 Å². The summed E-state index contributed by atoms with van der Waals surface area (Å²) in [4.78, 5) is 0. The predicted octanol–water partition coefficient (Wildman–Crippen LogP) is 16.1. The van der Waals surface area contributed by atoms with Crippen LogP contribution in [0.4, 0.5) is 0 Å². The van der Waals surface area contributed by atoms with Crippen LogP contribution in [0.2, 0.25) is 0 Å². The highest BCUT2D eigenvalue weighted by molar-refractivity contribution is 6.06. The minimum Gasteiger partial charge on any atom is -0.456 e. The molecular weight excluding hydrogens is 761 g/mol. The van der Waals surface area contributed by atoms with E-state index in [1.54, 1.807) is 0 Å². The molecule has 1 unspecified atom stereocenters. The van der Waals surface area contributed by atoms with Gasteiger partial charge in [0.15, 0.2) is 0 Å². The van der Waals surface area contributed by atoms with Crippen LogP contribution in [-0.2, 0) is 5.41 Å². The second-order valence-electron chi connectivity index (χ2n) is 16.8. The number of fused-ring (bicyclic) bond motifs is 6. The summed E-state index contributed by atoms with van der Waals surface area (Å²) in [5, 5.41) is 2.29. The Morgan fingerprint density at radius 3 is 1.49 bits per heavy atom. The van der Waals surface area contributed by atoms with Gasteiger partial charge >= 0.3 is 0 Å². The molecule has 1 aromatic heterocycles.